The Bertz CT molecular complexity index is 1410. The van der Waals surface area contributed by atoms with Gasteiger partial charge in [-0.05, 0) is 103 Å². The van der Waals surface area contributed by atoms with E-state index in [2.05, 4.69) is 6.58 Å². The molecule has 0 N–H and O–H groups in total. The fraction of sp³-hybridized carbons (Fsp3) is 0.129. The summed E-state index contributed by atoms with van der Waals surface area (Å²) in [6, 6.07) is 23.4. The smallest absolute Gasteiger partial charge is 0.416 e. The molecule has 3 nitrogen and oxygen atoms in total. The Balaban J connectivity index is 1.45. The molecular weight excluding hydrogens is 547 g/mol. The van der Waals surface area contributed by atoms with E-state index in [1.54, 1.807) is 48.5 Å². The first-order chi connectivity index (χ1) is 19.0. The minimum Gasteiger partial charge on any atom is -0.482 e. The summed E-state index contributed by atoms with van der Waals surface area (Å²) < 4.78 is 76.8. The molecule has 0 saturated heterocycles. The maximum Gasteiger partial charge on any atom is 0.416 e. The summed E-state index contributed by atoms with van der Waals surface area (Å²) in [5.41, 5.74) is -1.86. The standard InChI is InChI=1S/C31H24F5O3S/c1-3-30(2,21-4-6-22(7-5-21)31(34,35)36)39-29(37)20-38-25-12-18-28(19-13-25)40(26-14-8-23(32)9-15-26)27-16-10-24(33)11-17-27/h3-19H,1,20H2,2H3/q+1. The summed E-state index contributed by atoms with van der Waals surface area (Å²) in [7, 11) is -0.657. The third-order valence-corrected chi connectivity index (χ3v) is 8.25. The first-order valence-corrected chi connectivity index (χ1v) is 13.2. The maximum absolute atomic E-state index is 13.5. The van der Waals surface area contributed by atoms with Gasteiger partial charge in [-0.2, -0.15) is 13.2 Å². The number of carbonyl (C=O) groups is 1. The molecule has 0 spiro atoms. The van der Waals surface area contributed by atoms with Crippen LogP contribution in [-0.2, 0) is 32.2 Å². The second kappa shape index (κ2) is 12.0. The van der Waals surface area contributed by atoms with Crippen LogP contribution in [-0.4, -0.2) is 12.6 Å². The van der Waals surface area contributed by atoms with Crippen LogP contribution >= 0.6 is 0 Å². The lowest BCUT2D eigenvalue weighted by Gasteiger charge is -2.27. The van der Waals surface area contributed by atoms with Crippen molar-refractivity contribution >= 4 is 16.9 Å². The molecule has 0 amide bonds. The number of esters is 1. The van der Waals surface area contributed by atoms with Gasteiger partial charge in [0.15, 0.2) is 26.9 Å². The molecule has 9 heteroatoms. The second-order valence-corrected chi connectivity index (χ2v) is 10.9. The molecule has 0 fully saturated rings. The van der Waals surface area contributed by atoms with E-state index >= 15 is 0 Å². The Hall–Kier alpha value is -4.11. The van der Waals surface area contributed by atoms with Crippen molar-refractivity contribution in [2.45, 2.75) is 33.4 Å². The predicted molar refractivity (Wildman–Crippen MR) is 142 cm³/mol. The number of alkyl halides is 3. The third-order valence-electron chi connectivity index (χ3n) is 6.02. The van der Waals surface area contributed by atoms with Crippen molar-refractivity contribution in [1.29, 1.82) is 0 Å². The normalized spacial score (nSPS) is 13.0. The Morgan fingerprint density at radius 3 is 1.60 bits per heavy atom. The van der Waals surface area contributed by atoms with Crippen molar-refractivity contribution in [3.8, 4) is 5.75 Å². The van der Waals surface area contributed by atoms with Crippen molar-refractivity contribution in [2.75, 3.05) is 6.61 Å². The van der Waals surface area contributed by atoms with Gasteiger partial charge in [-0.25, -0.2) is 13.6 Å². The largest absolute Gasteiger partial charge is 0.482 e. The van der Waals surface area contributed by atoms with Crippen LogP contribution in [0.5, 0.6) is 5.75 Å². The van der Waals surface area contributed by atoms with Gasteiger partial charge < -0.3 is 9.47 Å². The van der Waals surface area contributed by atoms with E-state index < -0.39 is 40.8 Å². The summed E-state index contributed by atoms with van der Waals surface area (Å²) in [6.07, 6.45) is -3.16. The third kappa shape index (κ3) is 6.90. The fourth-order valence-corrected chi connectivity index (χ4v) is 5.88. The van der Waals surface area contributed by atoms with Gasteiger partial charge in [0.25, 0.3) is 0 Å². The van der Waals surface area contributed by atoms with E-state index in [-0.39, 0.29) is 11.6 Å². The van der Waals surface area contributed by atoms with E-state index in [9.17, 15) is 26.7 Å². The predicted octanol–water partition coefficient (Wildman–Crippen LogP) is 8.10. The van der Waals surface area contributed by atoms with Crippen molar-refractivity contribution in [1.82, 2.24) is 0 Å². The molecule has 0 saturated carbocycles. The molecule has 4 rings (SSSR count). The lowest BCUT2D eigenvalue weighted by molar-refractivity contribution is -0.157. The first-order valence-electron chi connectivity index (χ1n) is 12.0. The van der Waals surface area contributed by atoms with Gasteiger partial charge in [0, 0.05) is 0 Å². The van der Waals surface area contributed by atoms with Crippen LogP contribution in [0, 0.1) is 11.6 Å². The molecule has 0 aromatic heterocycles. The molecule has 1 unspecified atom stereocenters. The average Bonchev–Trinajstić information content (AvgIpc) is 2.94. The second-order valence-electron chi connectivity index (χ2n) is 8.83. The molecule has 0 radical (unpaired) electrons. The Labute approximate surface area is 231 Å². The zero-order valence-corrected chi connectivity index (χ0v) is 22.1. The maximum atomic E-state index is 13.5. The minimum atomic E-state index is -4.48. The molecule has 0 aliphatic rings. The molecule has 0 aliphatic heterocycles. The highest BCUT2D eigenvalue weighted by atomic mass is 32.2. The average molecular weight is 572 g/mol. The van der Waals surface area contributed by atoms with Crippen molar-refractivity contribution < 1.29 is 36.2 Å². The van der Waals surface area contributed by atoms with E-state index in [4.69, 9.17) is 9.47 Å². The lowest BCUT2D eigenvalue weighted by Crippen LogP contribution is -2.29. The summed E-state index contributed by atoms with van der Waals surface area (Å²) in [5.74, 6) is -1.11. The van der Waals surface area contributed by atoms with Gasteiger partial charge in [-0.3, -0.25) is 0 Å². The van der Waals surface area contributed by atoms with Crippen LogP contribution in [0.25, 0.3) is 0 Å². The zero-order valence-electron chi connectivity index (χ0n) is 21.3. The van der Waals surface area contributed by atoms with E-state index in [1.807, 2.05) is 0 Å². The van der Waals surface area contributed by atoms with Crippen LogP contribution in [0.3, 0.4) is 0 Å². The van der Waals surface area contributed by atoms with Crippen LogP contribution in [0.4, 0.5) is 22.0 Å². The highest BCUT2D eigenvalue weighted by molar-refractivity contribution is 7.97. The van der Waals surface area contributed by atoms with Crippen molar-refractivity contribution in [2.24, 2.45) is 0 Å². The Morgan fingerprint density at radius 1 is 0.750 bits per heavy atom. The van der Waals surface area contributed by atoms with Gasteiger partial charge >= 0.3 is 12.1 Å². The molecule has 4 aromatic carbocycles. The lowest BCUT2D eigenvalue weighted by atomic mass is 9.95. The van der Waals surface area contributed by atoms with Crippen molar-refractivity contribution in [3.05, 3.63) is 132 Å². The first kappa shape index (κ1) is 28.9. The number of benzene rings is 4. The zero-order chi connectivity index (χ0) is 28.9. The number of hydrogen-bond donors (Lipinski definition) is 0. The summed E-state index contributed by atoms with van der Waals surface area (Å²) in [4.78, 5) is 15.1. The Kier molecular flexibility index (Phi) is 8.64. The summed E-state index contributed by atoms with van der Waals surface area (Å²) >= 11 is 0. The minimum absolute atomic E-state index is 0.321. The van der Waals surface area contributed by atoms with Gasteiger partial charge in [0.05, 0.1) is 16.5 Å². The molecule has 0 bridgehead atoms. The van der Waals surface area contributed by atoms with Crippen LogP contribution in [0.15, 0.2) is 124 Å². The number of rotatable bonds is 9. The van der Waals surface area contributed by atoms with Crippen molar-refractivity contribution in [3.63, 3.8) is 0 Å². The highest BCUT2D eigenvalue weighted by Gasteiger charge is 2.33. The number of halogens is 5. The molecule has 1 atom stereocenters. The molecular formula is C31H24F5O3S+. The molecule has 4 aromatic rings. The van der Waals surface area contributed by atoms with Gasteiger partial charge in [-0.1, -0.05) is 18.7 Å². The van der Waals surface area contributed by atoms with Gasteiger partial charge in [-0.15, -0.1) is 0 Å². The topological polar surface area (TPSA) is 35.5 Å². The quantitative estimate of drug-likeness (QED) is 0.0882. The number of hydrogen-bond acceptors (Lipinski definition) is 3. The van der Waals surface area contributed by atoms with Crippen LogP contribution in [0.1, 0.15) is 18.1 Å². The molecule has 206 valence electrons. The fourth-order valence-electron chi connectivity index (χ4n) is 3.84. The van der Waals surface area contributed by atoms with E-state index in [0.29, 0.717) is 11.3 Å². The van der Waals surface area contributed by atoms with E-state index in [1.165, 1.54) is 49.4 Å². The van der Waals surface area contributed by atoms with E-state index in [0.717, 1.165) is 26.8 Å². The molecule has 0 heterocycles. The van der Waals surface area contributed by atoms with Crippen LogP contribution in [0.2, 0.25) is 0 Å². The van der Waals surface area contributed by atoms with Gasteiger partial charge in [0.1, 0.15) is 17.4 Å². The highest BCUT2D eigenvalue weighted by Crippen LogP contribution is 2.34. The molecule has 40 heavy (non-hydrogen) atoms. The Morgan fingerprint density at radius 2 is 1.18 bits per heavy atom. The number of ether oxygens (including phenoxy) is 2. The monoisotopic (exact) mass is 571 g/mol. The van der Waals surface area contributed by atoms with Gasteiger partial charge in [0.2, 0.25) is 0 Å². The number of carbonyl (C=O) groups excluding carboxylic acids is 1. The summed E-state index contributed by atoms with van der Waals surface area (Å²) in [6.45, 7) is 4.72. The summed E-state index contributed by atoms with van der Waals surface area (Å²) in [5, 5.41) is 0. The SMILES string of the molecule is C=CC(C)(OC(=O)COc1ccc([S+](c2ccc(F)cc2)c2ccc(F)cc2)cc1)c1ccc(C(F)(F)F)cc1. The molecule has 0 aliphatic carbocycles. The van der Waals surface area contributed by atoms with Crippen LogP contribution < -0.4 is 4.74 Å².